The first-order valence-corrected chi connectivity index (χ1v) is 12.3. The molecule has 1 saturated heterocycles. The molecule has 8 heteroatoms. The minimum absolute atomic E-state index is 0.191. The number of piperazine rings is 1. The van der Waals surface area contributed by atoms with E-state index in [-0.39, 0.29) is 11.6 Å². The van der Waals surface area contributed by atoms with Gasteiger partial charge in [0, 0.05) is 31.6 Å². The Kier molecular flexibility index (Phi) is 6.20. The number of sulfonamides is 1. The van der Waals surface area contributed by atoms with E-state index in [9.17, 15) is 12.8 Å². The predicted octanol–water partition coefficient (Wildman–Crippen LogP) is 4.00. The molecule has 0 atom stereocenters. The second-order valence-electron chi connectivity index (χ2n) is 7.93. The molecule has 1 aliphatic rings. The number of nitrogens with zero attached hydrogens (tertiary/aromatic N) is 4. The number of hydrogen-bond donors (Lipinski definition) is 0. The summed E-state index contributed by atoms with van der Waals surface area (Å²) in [4.78, 5) is 11.4. The molecular weight excluding hydrogens is 415 g/mol. The van der Waals surface area contributed by atoms with Crippen molar-refractivity contribution in [2.75, 3.05) is 36.8 Å². The van der Waals surface area contributed by atoms with E-state index < -0.39 is 10.0 Å². The van der Waals surface area contributed by atoms with Gasteiger partial charge in [0.15, 0.2) is 5.82 Å². The summed E-state index contributed by atoms with van der Waals surface area (Å²) in [5.74, 6) is 0.877. The van der Waals surface area contributed by atoms with E-state index in [2.05, 4.69) is 9.88 Å². The van der Waals surface area contributed by atoms with Crippen molar-refractivity contribution in [1.29, 1.82) is 0 Å². The van der Waals surface area contributed by atoms with Gasteiger partial charge in [-0.2, -0.15) is 4.31 Å². The van der Waals surface area contributed by atoms with Crippen molar-refractivity contribution in [2.45, 2.75) is 26.7 Å². The molecule has 0 aliphatic carbocycles. The Hall–Kier alpha value is -2.58. The molecule has 0 N–H and O–H groups in total. The van der Waals surface area contributed by atoms with E-state index >= 15 is 0 Å². The summed E-state index contributed by atoms with van der Waals surface area (Å²) >= 11 is 0. The first-order valence-electron chi connectivity index (χ1n) is 10.6. The van der Waals surface area contributed by atoms with Crippen molar-refractivity contribution in [3.63, 3.8) is 0 Å². The normalized spacial score (nSPS) is 15.5. The molecule has 31 heavy (non-hydrogen) atoms. The van der Waals surface area contributed by atoms with Gasteiger partial charge in [-0.1, -0.05) is 31.5 Å². The van der Waals surface area contributed by atoms with Crippen LogP contribution in [0.5, 0.6) is 0 Å². The Morgan fingerprint density at radius 1 is 1.03 bits per heavy atom. The van der Waals surface area contributed by atoms with Crippen molar-refractivity contribution >= 4 is 26.7 Å². The summed E-state index contributed by atoms with van der Waals surface area (Å²) in [6.45, 7) is 5.87. The SMILES string of the molecule is CCCCS(=O)(=O)N1CCN(c2nc(-c3ccccc3F)nc3cc(C)ccc23)CC1. The van der Waals surface area contributed by atoms with Gasteiger partial charge >= 0.3 is 0 Å². The van der Waals surface area contributed by atoms with Crippen LogP contribution in [0.15, 0.2) is 42.5 Å². The van der Waals surface area contributed by atoms with Gasteiger partial charge in [0.1, 0.15) is 11.6 Å². The lowest BCUT2D eigenvalue weighted by molar-refractivity contribution is 0.383. The predicted molar refractivity (Wildman–Crippen MR) is 122 cm³/mol. The van der Waals surface area contributed by atoms with Crippen LogP contribution in [0.3, 0.4) is 0 Å². The fraction of sp³-hybridized carbons (Fsp3) is 0.391. The third kappa shape index (κ3) is 4.55. The van der Waals surface area contributed by atoms with E-state index in [1.54, 1.807) is 22.5 Å². The first kappa shape index (κ1) is 21.6. The quantitative estimate of drug-likeness (QED) is 0.577. The molecule has 164 valence electrons. The first-order chi connectivity index (χ1) is 14.9. The number of unbranched alkanes of at least 4 members (excludes halogenated alkanes) is 1. The molecule has 1 aliphatic heterocycles. The monoisotopic (exact) mass is 442 g/mol. The standard InChI is InChI=1S/C23H27FN4O2S/c1-3-4-15-31(29,30)28-13-11-27(12-14-28)23-19-10-9-17(2)16-21(19)25-22(26-23)18-7-5-6-8-20(18)24/h5-10,16H,3-4,11-15H2,1-2H3. The lowest BCUT2D eigenvalue weighted by Crippen LogP contribution is -2.49. The van der Waals surface area contributed by atoms with Gasteiger partial charge in [-0.3, -0.25) is 0 Å². The lowest BCUT2D eigenvalue weighted by atomic mass is 10.1. The molecule has 3 aromatic rings. The van der Waals surface area contributed by atoms with Crippen LogP contribution in [0.2, 0.25) is 0 Å². The van der Waals surface area contributed by atoms with Crippen molar-refractivity contribution in [3.05, 3.63) is 53.8 Å². The molecule has 0 saturated carbocycles. The average Bonchev–Trinajstić information content (AvgIpc) is 2.77. The van der Waals surface area contributed by atoms with Gasteiger partial charge < -0.3 is 4.90 Å². The largest absolute Gasteiger partial charge is 0.353 e. The third-order valence-corrected chi connectivity index (χ3v) is 7.59. The number of rotatable bonds is 6. The van der Waals surface area contributed by atoms with Crippen LogP contribution in [-0.4, -0.2) is 54.6 Å². The van der Waals surface area contributed by atoms with Gasteiger partial charge in [-0.25, -0.2) is 22.8 Å². The summed E-state index contributed by atoms with van der Waals surface area (Å²) in [6.07, 6.45) is 1.52. The Morgan fingerprint density at radius 3 is 2.48 bits per heavy atom. The Bertz CT molecular complexity index is 1190. The van der Waals surface area contributed by atoms with Crippen LogP contribution >= 0.6 is 0 Å². The van der Waals surface area contributed by atoms with Crippen LogP contribution in [0.25, 0.3) is 22.3 Å². The molecule has 4 rings (SSSR count). The lowest BCUT2D eigenvalue weighted by Gasteiger charge is -2.35. The third-order valence-electron chi connectivity index (χ3n) is 5.63. The number of halogens is 1. The Morgan fingerprint density at radius 2 is 1.77 bits per heavy atom. The average molecular weight is 443 g/mol. The number of aryl methyl sites for hydroxylation is 1. The van der Waals surface area contributed by atoms with Crippen molar-refractivity contribution < 1.29 is 12.8 Å². The number of fused-ring (bicyclic) bond motifs is 1. The fourth-order valence-corrected chi connectivity index (χ4v) is 5.49. The van der Waals surface area contributed by atoms with Crippen molar-refractivity contribution in [3.8, 4) is 11.4 Å². The van der Waals surface area contributed by atoms with Crippen LogP contribution in [0.4, 0.5) is 10.2 Å². The second kappa shape index (κ2) is 8.88. The van der Waals surface area contributed by atoms with E-state index in [0.717, 1.165) is 22.9 Å². The summed E-state index contributed by atoms with van der Waals surface area (Å²) in [7, 11) is -3.23. The minimum atomic E-state index is -3.23. The molecular formula is C23H27FN4O2S. The maximum absolute atomic E-state index is 14.4. The number of anilines is 1. The van der Waals surface area contributed by atoms with Gasteiger partial charge in [-0.15, -0.1) is 0 Å². The summed E-state index contributed by atoms with van der Waals surface area (Å²) in [6, 6.07) is 12.4. The fourth-order valence-electron chi connectivity index (χ4n) is 3.86. The van der Waals surface area contributed by atoms with Gasteiger partial charge in [-0.05, 0) is 43.2 Å². The van der Waals surface area contributed by atoms with Crippen LogP contribution in [0.1, 0.15) is 25.3 Å². The highest BCUT2D eigenvalue weighted by Gasteiger charge is 2.28. The van der Waals surface area contributed by atoms with Crippen molar-refractivity contribution in [2.24, 2.45) is 0 Å². The van der Waals surface area contributed by atoms with E-state index in [0.29, 0.717) is 49.8 Å². The number of hydrogen-bond acceptors (Lipinski definition) is 5. The van der Waals surface area contributed by atoms with E-state index in [1.165, 1.54) is 6.07 Å². The highest BCUT2D eigenvalue weighted by atomic mass is 32.2. The van der Waals surface area contributed by atoms with Crippen molar-refractivity contribution in [1.82, 2.24) is 14.3 Å². The smallest absolute Gasteiger partial charge is 0.214 e. The molecule has 0 radical (unpaired) electrons. The molecule has 1 fully saturated rings. The van der Waals surface area contributed by atoms with Gasteiger partial charge in [0.2, 0.25) is 10.0 Å². The minimum Gasteiger partial charge on any atom is -0.353 e. The molecule has 0 bridgehead atoms. The number of aromatic nitrogens is 2. The molecule has 2 aromatic carbocycles. The second-order valence-corrected chi connectivity index (χ2v) is 10.0. The summed E-state index contributed by atoms with van der Waals surface area (Å²) in [5.41, 5.74) is 2.16. The van der Waals surface area contributed by atoms with Crippen LogP contribution < -0.4 is 4.90 Å². The Labute approximate surface area is 182 Å². The van der Waals surface area contributed by atoms with Gasteiger partial charge in [0.05, 0.1) is 16.8 Å². The number of benzene rings is 2. The Balaban J connectivity index is 1.68. The maximum atomic E-state index is 14.4. The zero-order valence-electron chi connectivity index (χ0n) is 17.9. The van der Waals surface area contributed by atoms with Crippen LogP contribution in [0, 0.1) is 12.7 Å². The molecule has 0 amide bonds. The van der Waals surface area contributed by atoms with E-state index in [4.69, 9.17) is 4.98 Å². The molecule has 6 nitrogen and oxygen atoms in total. The summed E-state index contributed by atoms with van der Waals surface area (Å²) in [5, 5.41) is 0.882. The topological polar surface area (TPSA) is 66.4 Å². The maximum Gasteiger partial charge on any atom is 0.214 e. The molecule has 0 spiro atoms. The zero-order valence-corrected chi connectivity index (χ0v) is 18.7. The van der Waals surface area contributed by atoms with Gasteiger partial charge in [0.25, 0.3) is 0 Å². The highest BCUT2D eigenvalue weighted by molar-refractivity contribution is 7.89. The van der Waals surface area contributed by atoms with E-state index in [1.807, 2.05) is 32.0 Å². The highest BCUT2D eigenvalue weighted by Crippen LogP contribution is 2.30. The molecule has 1 aromatic heterocycles. The molecule has 2 heterocycles. The zero-order chi connectivity index (χ0) is 22.0. The van der Waals surface area contributed by atoms with Crippen LogP contribution in [-0.2, 0) is 10.0 Å². The molecule has 0 unspecified atom stereocenters. The summed E-state index contributed by atoms with van der Waals surface area (Å²) < 4.78 is 41.1.